The minimum atomic E-state index is -0.0641. The van der Waals surface area contributed by atoms with Crippen molar-refractivity contribution in [2.45, 2.75) is 32.7 Å². The van der Waals surface area contributed by atoms with Gasteiger partial charge in [0.15, 0.2) is 0 Å². The maximum absolute atomic E-state index is 12.5. The standard InChI is InChI=1S/C14H23N3O2/c1-4-12(5-2)17(8-9-19-3)14(18)13-7-6-11(15)10-16-13/h6-7,10,12H,4-5,8-9,15H2,1-3H3. The predicted octanol–water partition coefficient (Wildman–Crippen LogP) is 1.94. The fourth-order valence-corrected chi connectivity index (χ4v) is 2.05. The first kappa shape index (κ1) is 15.4. The number of hydrogen-bond donors (Lipinski definition) is 1. The summed E-state index contributed by atoms with van der Waals surface area (Å²) in [6.07, 6.45) is 3.34. The van der Waals surface area contributed by atoms with Crippen molar-refractivity contribution in [2.24, 2.45) is 0 Å². The van der Waals surface area contributed by atoms with E-state index in [9.17, 15) is 4.79 Å². The van der Waals surface area contributed by atoms with E-state index in [0.717, 1.165) is 12.8 Å². The average Bonchev–Trinajstić information content (AvgIpc) is 2.43. The van der Waals surface area contributed by atoms with Crippen LogP contribution in [0.3, 0.4) is 0 Å². The van der Waals surface area contributed by atoms with Crippen molar-refractivity contribution in [1.82, 2.24) is 9.88 Å². The van der Waals surface area contributed by atoms with E-state index in [0.29, 0.717) is 24.5 Å². The highest BCUT2D eigenvalue weighted by atomic mass is 16.5. The van der Waals surface area contributed by atoms with Gasteiger partial charge in [-0.1, -0.05) is 13.8 Å². The Labute approximate surface area is 114 Å². The first-order chi connectivity index (χ1) is 9.13. The van der Waals surface area contributed by atoms with Gasteiger partial charge in [0.25, 0.3) is 5.91 Å². The third kappa shape index (κ3) is 4.21. The molecule has 5 heteroatoms. The molecule has 0 saturated heterocycles. The molecule has 0 aromatic carbocycles. The number of carbonyl (C=O) groups is 1. The zero-order chi connectivity index (χ0) is 14.3. The van der Waals surface area contributed by atoms with E-state index in [4.69, 9.17) is 10.5 Å². The molecule has 0 unspecified atom stereocenters. The van der Waals surface area contributed by atoms with Gasteiger partial charge in [-0.15, -0.1) is 0 Å². The summed E-state index contributed by atoms with van der Waals surface area (Å²) in [5.41, 5.74) is 6.57. The van der Waals surface area contributed by atoms with E-state index in [-0.39, 0.29) is 11.9 Å². The fourth-order valence-electron chi connectivity index (χ4n) is 2.05. The molecule has 1 heterocycles. The van der Waals surface area contributed by atoms with Gasteiger partial charge < -0.3 is 15.4 Å². The Morgan fingerprint density at radius 3 is 2.58 bits per heavy atom. The lowest BCUT2D eigenvalue weighted by molar-refractivity contribution is 0.0584. The molecule has 5 nitrogen and oxygen atoms in total. The van der Waals surface area contributed by atoms with Gasteiger partial charge in [-0.25, -0.2) is 4.98 Å². The molecule has 0 atom stereocenters. The van der Waals surface area contributed by atoms with Gasteiger partial charge in [-0.05, 0) is 25.0 Å². The summed E-state index contributed by atoms with van der Waals surface area (Å²) >= 11 is 0. The molecule has 1 amide bonds. The van der Waals surface area contributed by atoms with Crippen LogP contribution in [-0.4, -0.2) is 42.1 Å². The second-order valence-electron chi connectivity index (χ2n) is 4.44. The number of ether oxygens (including phenoxy) is 1. The smallest absolute Gasteiger partial charge is 0.272 e. The minimum Gasteiger partial charge on any atom is -0.397 e. The zero-order valence-corrected chi connectivity index (χ0v) is 11.9. The third-order valence-corrected chi connectivity index (χ3v) is 3.19. The Morgan fingerprint density at radius 2 is 2.11 bits per heavy atom. The van der Waals surface area contributed by atoms with Gasteiger partial charge in [0.2, 0.25) is 0 Å². The van der Waals surface area contributed by atoms with Crippen LogP contribution in [0, 0.1) is 0 Å². The van der Waals surface area contributed by atoms with E-state index in [1.165, 1.54) is 6.20 Å². The molecule has 0 radical (unpaired) electrons. The van der Waals surface area contributed by atoms with E-state index >= 15 is 0 Å². The monoisotopic (exact) mass is 265 g/mol. The van der Waals surface area contributed by atoms with Crippen LogP contribution in [0.1, 0.15) is 37.2 Å². The Balaban J connectivity index is 2.89. The lowest BCUT2D eigenvalue weighted by Gasteiger charge is -2.30. The van der Waals surface area contributed by atoms with E-state index in [1.807, 2.05) is 4.90 Å². The summed E-state index contributed by atoms with van der Waals surface area (Å²) in [7, 11) is 1.64. The van der Waals surface area contributed by atoms with Gasteiger partial charge in [0.1, 0.15) is 5.69 Å². The van der Waals surface area contributed by atoms with Crippen molar-refractivity contribution in [2.75, 3.05) is 26.0 Å². The van der Waals surface area contributed by atoms with E-state index in [1.54, 1.807) is 19.2 Å². The van der Waals surface area contributed by atoms with Crippen molar-refractivity contribution in [3.05, 3.63) is 24.0 Å². The molecule has 19 heavy (non-hydrogen) atoms. The van der Waals surface area contributed by atoms with Crippen LogP contribution in [0.15, 0.2) is 18.3 Å². The molecule has 0 spiro atoms. The minimum absolute atomic E-state index is 0.0641. The second kappa shape index (κ2) is 7.74. The van der Waals surface area contributed by atoms with Gasteiger partial charge in [-0.2, -0.15) is 0 Å². The molecule has 0 fully saturated rings. The van der Waals surface area contributed by atoms with Crippen molar-refractivity contribution in [3.8, 4) is 0 Å². The normalized spacial score (nSPS) is 10.7. The summed E-state index contributed by atoms with van der Waals surface area (Å²) in [6.45, 7) is 5.26. The number of nitrogens with two attached hydrogens (primary N) is 1. The number of carbonyl (C=O) groups excluding carboxylic acids is 1. The number of amides is 1. The molecule has 1 aromatic rings. The molecule has 0 bridgehead atoms. The fraction of sp³-hybridized carbons (Fsp3) is 0.571. The second-order valence-corrected chi connectivity index (χ2v) is 4.44. The van der Waals surface area contributed by atoms with Crippen LogP contribution in [0.4, 0.5) is 5.69 Å². The Bertz CT molecular complexity index is 388. The highest BCUT2D eigenvalue weighted by molar-refractivity contribution is 5.92. The van der Waals surface area contributed by atoms with Gasteiger partial charge in [0, 0.05) is 19.7 Å². The van der Waals surface area contributed by atoms with Crippen LogP contribution in [0.5, 0.6) is 0 Å². The molecule has 0 saturated carbocycles. The number of pyridine rings is 1. The van der Waals surface area contributed by atoms with Crippen LogP contribution in [0.2, 0.25) is 0 Å². The maximum atomic E-state index is 12.5. The summed E-state index contributed by atoms with van der Waals surface area (Å²) in [4.78, 5) is 18.4. The topological polar surface area (TPSA) is 68.5 Å². The quantitative estimate of drug-likeness (QED) is 0.818. The first-order valence-electron chi connectivity index (χ1n) is 6.65. The maximum Gasteiger partial charge on any atom is 0.272 e. The lowest BCUT2D eigenvalue weighted by Crippen LogP contribution is -2.42. The number of anilines is 1. The number of aromatic nitrogens is 1. The molecule has 106 valence electrons. The predicted molar refractivity (Wildman–Crippen MR) is 75.9 cm³/mol. The summed E-state index contributed by atoms with van der Waals surface area (Å²) < 4.78 is 5.08. The number of nitrogen functional groups attached to an aromatic ring is 1. The number of rotatable bonds is 7. The molecule has 0 aliphatic heterocycles. The molecule has 0 aliphatic carbocycles. The largest absolute Gasteiger partial charge is 0.397 e. The summed E-state index contributed by atoms with van der Waals surface area (Å²) in [5, 5.41) is 0. The average molecular weight is 265 g/mol. The molecule has 1 rings (SSSR count). The van der Waals surface area contributed by atoms with Gasteiger partial charge in [0.05, 0.1) is 18.5 Å². The van der Waals surface area contributed by atoms with Crippen molar-refractivity contribution in [3.63, 3.8) is 0 Å². The Morgan fingerprint density at radius 1 is 1.42 bits per heavy atom. The third-order valence-electron chi connectivity index (χ3n) is 3.19. The summed E-state index contributed by atoms with van der Waals surface area (Å²) in [5.74, 6) is -0.0641. The lowest BCUT2D eigenvalue weighted by atomic mass is 10.1. The molecule has 1 aromatic heterocycles. The molecule has 2 N–H and O–H groups in total. The Hall–Kier alpha value is -1.62. The van der Waals surface area contributed by atoms with Crippen molar-refractivity contribution < 1.29 is 9.53 Å². The highest BCUT2D eigenvalue weighted by Crippen LogP contribution is 2.13. The highest BCUT2D eigenvalue weighted by Gasteiger charge is 2.22. The number of methoxy groups -OCH3 is 1. The Kier molecular flexibility index (Phi) is 6.29. The van der Waals surface area contributed by atoms with Gasteiger partial charge in [-0.3, -0.25) is 4.79 Å². The van der Waals surface area contributed by atoms with Crippen LogP contribution in [0.25, 0.3) is 0 Å². The number of hydrogen-bond acceptors (Lipinski definition) is 4. The van der Waals surface area contributed by atoms with Crippen molar-refractivity contribution >= 4 is 11.6 Å². The van der Waals surface area contributed by atoms with E-state index < -0.39 is 0 Å². The van der Waals surface area contributed by atoms with Crippen molar-refractivity contribution in [1.29, 1.82) is 0 Å². The van der Waals surface area contributed by atoms with E-state index in [2.05, 4.69) is 18.8 Å². The van der Waals surface area contributed by atoms with Crippen LogP contribution >= 0.6 is 0 Å². The molecular formula is C14H23N3O2. The van der Waals surface area contributed by atoms with Crippen LogP contribution < -0.4 is 5.73 Å². The molecular weight excluding hydrogens is 242 g/mol. The van der Waals surface area contributed by atoms with Crippen LogP contribution in [-0.2, 0) is 4.74 Å². The number of nitrogens with zero attached hydrogens (tertiary/aromatic N) is 2. The van der Waals surface area contributed by atoms with Gasteiger partial charge >= 0.3 is 0 Å². The zero-order valence-electron chi connectivity index (χ0n) is 11.9. The SMILES string of the molecule is CCC(CC)N(CCOC)C(=O)c1ccc(N)cn1. The first-order valence-corrected chi connectivity index (χ1v) is 6.65. The molecule has 0 aliphatic rings. The summed E-state index contributed by atoms with van der Waals surface area (Å²) in [6, 6.07) is 3.57.